The molecule has 4 heteroatoms. The molecule has 20 heavy (non-hydrogen) atoms. The van der Waals surface area contributed by atoms with Crippen LogP contribution in [0.1, 0.15) is 43.2 Å². The van der Waals surface area contributed by atoms with E-state index in [0.29, 0.717) is 11.6 Å². The Kier molecular flexibility index (Phi) is 3.74. The quantitative estimate of drug-likeness (QED) is 0.658. The van der Waals surface area contributed by atoms with Crippen LogP contribution in [0.25, 0.3) is 0 Å². The summed E-state index contributed by atoms with van der Waals surface area (Å²) < 4.78 is 13.6. The van der Waals surface area contributed by atoms with E-state index in [-0.39, 0.29) is 11.7 Å². The lowest BCUT2D eigenvalue weighted by Gasteiger charge is -2.31. The first-order valence-corrected chi connectivity index (χ1v) is 7.51. The van der Waals surface area contributed by atoms with Crippen molar-refractivity contribution in [2.75, 3.05) is 6.54 Å². The fourth-order valence-electron chi connectivity index (χ4n) is 3.83. The maximum Gasteiger partial charge on any atom is 0.124 e. The molecule has 1 saturated carbocycles. The molecule has 1 aliphatic heterocycles. The van der Waals surface area contributed by atoms with Crippen LogP contribution in [-0.2, 0) is 6.54 Å². The molecule has 0 bridgehead atoms. The van der Waals surface area contributed by atoms with Gasteiger partial charge in [-0.1, -0.05) is 12.8 Å². The molecule has 3 rings (SSSR count). The highest BCUT2D eigenvalue weighted by molar-refractivity contribution is 5.95. The van der Waals surface area contributed by atoms with Crippen LogP contribution >= 0.6 is 0 Å². The third-order valence-electron chi connectivity index (χ3n) is 4.78. The lowest BCUT2D eigenvalue weighted by molar-refractivity contribution is 0.176. The molecule has 0 aromatic heterocycles. The van der Waals surface area contributed by atoms with Gasteiger partial charge in [0.05, 0.1) is 0 Å². The topological polar surface area (TPSA) is 53.1 Å². The van der Waals surface area contributed by atoms with Gasteiger partial charge in [-0.2, -0.15) is 0 Å². The third-order valence-corrected chi connectivity index (χ3v) is 4.78. The van der Waals surface area contributed by atoms with Crippen LogP contribution in [-0.4, -0.2) is 23.3 Å². The van der Waals surface area contributed by atoms with Gasteiger partial charge in [0.25, 0.3) is 0 Å². The molecule has 0 spiro atoms. The van der Waals surface area contributed by atoms with E-state index in [4.69, 9.17) is 11.1 Å². The summed E-state index contributed by atoms with van der Waals surface area (Å²) in [5, 5.41) is 7.46. The Labute approximate surface area is 119 Å². The molecule has 1 saturated heterocycles. The summed E-state index contributed by atoms with van der Waals surface area (Å²) in [5.74, 6) is 0.472. The molecule has 1 aliphatic carbocycles. The van der Waals surface area contributed by atoms with E-state index in [1.165, 1.54) is 38.2 Å². The highest BCUT2D eigenvalue weighted by Crippen LogP contribution is 2.36. The Morgan fingerprint density at radius 3 is 2.85 bits per heavy atom. The van der Waals surface area contributed by atoms with Crippen LogP contribution in [0, 0.1) is 17.1 Å². The van der Waals surface area contributed by atoms with Gasteiger partial charge >= 0.3 is 0 Å². The van der Waals surface area contributed by atoms with Crippen molar-refractivity contribution in [1.82, 2.24) is 4.90 Å². The molecule has 3 nitrogen and oxygen atoms in total. The van der Waals surface area contributed by atoms with Gasteiger partial charge in [-0.05, 0) is 55.5 Å². The summed E-state index contributed by atoms with van der Waals surface area (Å²) in [6.07, 6.45) is 6.59. The number of hydrogen-bond donors (Lipinski definition) is 2. The zero-order valence-corrected chi connectivity index (χ0v) is 11.7. The Hall–Kier alpha value is -1.42. The summed E-state index contributed by atoms with van der Waals surface area (Å²) in [7, 11) is 0. The highest BCUT2D eigenvalue weighted by atomic mass is 19.1. The molecule has 2 fully saturated rings. The molecule has 3 N–H and O–H groups in total. The summed E-state index contributed by atoms with van der Waals surface area (Å²) in [5.41, 5.74) is 6.89. The van der Waals surface area contributed by atoms with Gasteiger partial charge in [0, 0.05) is 18.2 Å². The number of nitrogens with two attached hydrogens (primary N) is 1. The van der Waals surface area contributed by atoms with E-state index < -0.39 is 0 Å². The smallest absolute Gasteiger partial charge is 0.124 e. The number of nitrogens with zero attached hydrogens (tertiary/aromatic N) is 1. The first-order valence-electron chi connectivity index (χ1n) is 7.51. The lowest BCUT2D eigenvalue weighted by atomic mass is 9.85. The number of nitrogens with one attached hydrogen (secondary N) is 1. The molecule has 108 valence electrons. The van der Waals surface area contributed by atoms with Crippen molar-refractivity contribution < 1.29 is 4.39 Å². The minimum atomic E-state index is -0.299. The summed E-state index contributed by atoms with van der Waals surface area (Å²) in [6.45, 7) is 1.89. The standard InChI is InChI=1S/C16H22FN3/c17-14-8-11(7-13(9-14)16(18)19)10-20-6-5-12-3-1-2-4-15(12)20/h7-9,12,15H,1-6,10H2,(H3,18,19). The first kappa shape index (κ1) is 13.6. The van der Waals surface area contributed by atoms with Crippen LogP contribution in [0.5, 0.6) is 0 Å². The number of nitrogen functional groups attached to an aromatic ring is 1. The zero-order valence-electron chi connectivity index (χ0n) is 11.7. The van der Waals surface area contributed by atoms with Crippen molar-refractivity contribution in [1.29, 1.82) is 5.41 Å². The largest absolute Gasteiger partial charge is 0.384 e. The van der Waals surface area contributed by atoms with Gasteiger partial charge < -0.3 is 5.73 Å². The van der Waals surface area contributed by atoms with E-state index in [1.54, 1.807) is 6.07 Å². The van der Waals surface area contributed by atoms with Gasteiger partial charge in [0.2, 0.25) is 0 Å². The average Bonchev–Trinajstić information content (AvgIpc) is 2.82. The van der Waals surface area contributed by atoms with E-state index >= 15 is 0 Å². The molecule has 1 aromatic carbocycles. The van der Waals surface area contributed by atoms with Crippen molar-refractivity contribution in [3.8, 4) is 0 Å². The van der Waals surface area contributed by atoms with Crippen molar-refractivity contribution in [2.45, 2.75) is 44.7 Å². The van der Waals surface area contributed by atoms with E-state index in [9.17, 15) is 4.39 Å². The predicted octanol–water partition coefficient (Wildman–Crippen LogP) is 2.87. The fourth-order valence-corrected chi connectivity index (χ4v) is 3.83. The minimum absolute atomic E-state index is 0.0669. The van der Waals surface area contributed by atoms with Gasteiger partial charge in [0.1, 0.15) is 11.7 Å². The SMILES string of the molecule is N=C(N)c1cc(F)cc(CN2CCC3CCCCC32)c1. The molecule has 2 unspecified atom stereocenters. The highest BCUT2D eigenvalue weighted by Gasteiger charge is 2.35. The second-order valence-corrected chi connectivity index (χ2v) is 6.13. The van der Waals surface area contributed by atoms with Crippen LogP contribution < -0.4 is 5.73 Å². The van der Waals surface area contributed by atoms with Gasteiger partial charge in [0.15, 0.2) is 0 Å². The minimum Gasteiger partial charge on any atom is -0.384 e. The maximum atomic E-state index is 13.6. The average molecular weight is 275 g/mol. The van der Waals surface area contributed by atoms with Crippen molar-refractivity contribution in [3.05, 3.63) is 35.1 Å². The number of rotatable bonds is 3. The molecular formula is C16H22FN3. The molecule has 2 aliphatic rings. The molecule has 0 amide bonds. The Morgan fingerprint density at radius 2 is 2.05 bits per heavy atom. The number of halogens is 1. The molecule has 0 radical (unpaired) electrons. The van der Waals surface area contributed by atoms with Crippen LogP contribution in [0.15, 0.2) is 18.2 Å². The van der Waals surface area contributed by atoms with E-state index in [0.717, 1.165) is 24.6 Å². The van der Waals surface area contributed by atoms with Crippen LogP contribution in [0.4, 0.5) is 4.39 Å². The van der Waals surface area contributed by atoms with Crippen molar-refractivity contribution >= 4 is 5.84 Å². The summed E-state index contributed by atoms with van der Waals surface area (Å²) in [4.78, 5) is 2.49. The van der Waals surface area contributed by atoms with Crippen LogP contribution in [0.2, 0.25) is 0 Å². The van der Waals surface area contributed by atoms with Crippen molar-refractivity contribution in [3.63, 3.8) is 0 Å². The summed E-state index contributed by atoms with van der Waals surface area (Å²) >= 11 is 0. The zero-order chi connectivity index (χ0) is 14.1. The normalized spacial score (nSPS) is 26.4. The lowest BCUT2D eigenvalue weighted by Crippen LogP contribution is -2.34. The fraction of sp³-hybridized carbons (Fsp3) is 0.562. The number of fused-ring (bicyclic) bond motifs is 1. The van der Waals surface area contributed by atoms with E-state index in [1.807, 2.05) is 6.07 Å². The summed E-state index contributed by atoms with van der Waals surface area (Å²) in [6, 6.07) is 5.43. The molecule has 1 aromatic rings. The maximum absolute atomic E-state index is 13.6. The van der Waals surface area contributed by atoms with Gasteiger partial charge in [-0.15, -0.1) is 0 Å². The van der Waals surface area contributed by atoms with Crippen LogP contribution in [0.3, 0.4) is 0 Å². The number of benzene rings is 1. The first-order chi connectivity index (χ1) is 9.63. The Balaban J connectivity index is 1.76. The third kappa shape index (κ3) is 2.70. The van der Waals surface area contributed by atoms with Crippen molar-refractivity contribution in [2.24, 2.45) is 11.7 Å². The second kappa shape index (κ2) is 5.52. The number of likely N-dealkylation sites (tertiary alicyclic amines) is 1. The molecule has 1 heterocycles. The Morgan fingerprint density at radius 1 is 1.25 bits per heavy atom. The van der Waals surface area contributed by atoms with Gasteiger partial charge in [-0.3, -0.25) is 10.3 Å². The van der Waals surface area contributed by atoms with Gasteiger partial charge in [-0.25, -0.2) is 4.39 Å². The second-order valence-electron chi connectivity index (χ2n) is 6.13. The molecule has 2 atom stereocenters. The number of hydrogen-bond acceptors (Lipinski definition) is 2. The Bertz CT molecular complexity index is 514. The monoisotopic (exact) mass is 275 g/mol. The predicted molar refractivity (Wildman–Crippen MR) is 78.2 cm³/mol. The van der Waals surface area contributed by atoms with E-state index in [2.05, 4.69) is 4.90 Å². The molecular weight excluding hydrogens is 253 g/mol. The number of amidine groups is 1.